The Bertz CT molecular complexity index is 1120. The van der Waals surface area contributed by atoms with Crippen molar-refractivity contribution in [3.8, 4) is 0 Å². The summed E-state index contributed by atoms with van der Waals surface area (Å²) in [5, 5.41) is 37.5. The van der Waals surface area contributed by atoms with E-state index in [9.17, 15) is 35.1 Å². The van der Waals surface area contributed by atoms with Gasteiger partial charge in [0, 0.05) is 29.7 Å². The molecule has 3 aromatic rings. The molecule has 0 amide bonds. The predicted molar refractivity (Wildman–Crippen MR) is 90.6 cm³/mol. The van der Waals surface area contributed by atoms with Crippen LogP contribution in [0.3, 0.4) is 0 Å². The van der Waals surface area contributed by atoms with Gasteiger partial charge in [-0.25, -0.2) is 0 Å². The standard InChI is InChI=1S/C15H9N5O7/c1-8-13-3-2-10(18(22)23)7-14(13)17(16-8)15(21)9-4-11(19(24)25)6-12(5-9)20(26)27/h2-7H,1H3. The SMILES string of the molecule is Cc1nn(C(=O)c2cc([N+](=O)[O-])cc([N+](=O)[O-])c2)c2cc([N+](=O)[O-])ccc12. The van der Waals surface area contributed by atoms with Crippen LogP contribution in [0.2, 0.25) is 0 Å². The Labute approximate surface area is 149 Å². The predicted octanol–water partition coefficient (Wildman–Crippen LogP) is 2.76. The minimum atomic E-state index is -0.889. The van der Waals surface area contributed by atoms with Crippen LogP contribution in [0.15, 0.2) is 36.4 Å². The fraction of sp³-hybridized carbons (Fsp3) is 0.0667. The molecular formula is C15H9N5O7. The number of non-ortho nitro benzene ring substituents is 3. The van der Waals surface area contributed by atoms with Gasteiger partial charge in [0.2, 0.25) is 0 Å². The average Bonchev–Trinajstić information content (AvgIpc) is 2.96. The lowest BCUT2D eigenvalue weighted by atomic mass is 10.1. The Morgan fingerprint density at radius 1 is 0.889 bits per heavy atom. The summed E-state index contributed by atoms with van der Waals surface area (Å²) in [6.45, 7) is 1.58. The Kier molecular flexibility index (Phi) is 4.08. The van der Waals surface area contributed by atoms with E-state index in [2.05, 4.69) is 5.10 Å². The van der Waals surface area contributed by atoms with E-state index >= 15 is 0 Å². The summed E-state index contributed by atoms with van der Waals surface area (Å²) in [7, 11) is 0. The third-order valence-electron chi connectivity index (χ3n) is 3.82. The van der Waals surface area contributed by atoms with Gasteiger partial charge in [0.25, 0.3) is 23.0 Å². The quantitative estimate of drug-likeness (QED) is 0.499. The molecule has 3 rings (SSSR count). The molecule has 27 heavy (non-hydrogen) atoms. The normalized spacial score (nSPS) is 10.7. The average molecular weight is 371 g/mol. The number of carbonyl (C=O) groups is 1. The highest BCUT2D eigenvalue weighted by Gasteiger charge is 2.23. The first-order valence-electron chi connectivity index (χ1n) is 7.31. The third-order valence-corrected chi connectivity index (χ3v) is 3.82. The topological polar surface area (TPSA) is 164 Å². The second kappa shape index (κ2) is 6.25. The van der Waals surface area contributed by atoms with Crippen LogP contribution in [0.25, 0.3) is 10.9 Å². The summed E-state index contributed by atoms with van der Waals surface area (Å²) in [6, 6.07) is 6.32. The van der Waals surface area contributed by atoms with Gasteiger partial charge < -0.3 is 0 Å². The number of carbonyl (C=O) groups excluding carboxylic acids is 1. The van der Waals surface area contributed by atoms with Crippen molar-refractivity contribution in [2.24, 2.45) is 0 Å². The fourth-order valence-electron chi connectivity index (χ4n) is 2.58. The summed E-state index contributed by atoms with van der Waals surface area (Å²) in [5.41, 5.74) is -1.37. The second-order valence-electron chi connectivity index (χ2n) is 5.51. The smallest absolute Gasteiger partial charge is 0.267 e. The molecule has 12 nitrogen and oxygen atoms in total. The number of hydrogen-bond acceptors (Lipinski definition) is 8. The second-order valence-corrected chi connectivity index (χ2v) is 5.51. The third kappa shape index (κ3) is 3.06. The van der Waals surface area contributed by atoms with E-state index in [1.54, 1.807) is 6.92 Å². The van der Waals surface area contributed by atoms with Gasteiger partial charge in [-0.3, -0.25) is 35.1 Å². The highest BCUT2D eigenvalue weighted by Crippen LogP contribution is 2.27. The van der Waals surface area contributed by atoms with Crippen LogP contribution < -0.4 is 0 Å². The molecule has 1 aromatic heterocycles. The van der Waals surface area contributed by atoms with E-state index in [-0.39, 0.29) is 16.8 Å². The van der Waals surface area contributed by atoms with Crippen molar-refractivity contribution in [1.29, 1.82) is 0 Å². The molecule has 136 valence electrons. The van der Waals surface area contributed by atoms with Crippen molar-refractivity contribution >= 4 is 33.9 Å². The molecule has 0 saturated carbocycles. The first-order chi connectivity index (χ1) is 12.7. The number of nitro groups is 3. The van der Waals surface area contributed by atoms with Crippen LogP contribution in [0.4, 0.5) is 17.1 Å². The van der Waals surface area contributed by atoms with Gasteiger partial charge in [0.1, 0.15) is 0 Å². The number of nitro benzene ring substituents is 3. The lowest BCUT2D eigenvalue weighted by Crippen LogP contribution is -2.14. The van der Waals surface area contributed by atoms with Crippen LogP contribution in [0.1, 0.15) is 16.1 Å². The zero-order valence-corrected chi connectivity index (χ0v) is 13.6. The first kappa shape index (κ1) is 17.6. The Morgan fingerprint density at radius 2 is 1.44 bits per heavy atom. The lowest BCUT2D eigenvalue weighted by molar-refractivity contribution is -0.394. The zero-order valence-electron chi connectivity index (χ0n) is 13.6. The van der Waals surface area contributed by atoms with Crippen LogP contribution >= 0.6 is 0 Å². The maximum absolute atomic E-state index is 12.8. The number of aromatic nitrogens is 2. The van der Waals surface area contributed by atoms with Crippen molar-refractivity contribution in [2.45, 2.75) is 6.92 Å². The number of rotatable bonds is 4. The van der Waals surface area contributed by atoms with Crippen LogP contribution in [-0.4, -0.2) is 30.5 Å². The van der Waals surface area contributed by atoms with Crippen LogP contribution in [0, 0.1) is 37.3 Å². The Balaban J connectivity index is 2.21. The molecule has 0 fully saturated rings. The van der Waals surface area contributed by atoms with E-state index < -0.39 is 32.1 Å². The highest BCUT2D eigenvalue weighted by molar-refractivity contribution is 6.02. The number of nitrogens with zero attached hydrogens (tertiary/aromatic N) is 5. The fourth-order valence-corrected chi connectivity index (χ4v) is 2.58. The zero-order chi connectivity index (χ0) is 19.9. The molecule has 1 heterocycles. The number of hydrogen-bond donors (Lipinski definition) is 0. The number of fused-ring (bicyclic) bond motifs is 1. The van der Waals surface area contributed by atoms with E-state index in [4.69, 9.17) is 0 Å². The van der Waals surface area contributed by atoms with Crippen molar-refractivity contribution in [3.05, 3.63) is 78.0 Å². The molecule has 12 heteroatoms. The molecule has 0 saturated heterocycles. The lowest BCUT2D eigenvalue weighted by Gasteiger charge is -2.03. The summed E-state index contributed by atoms with van der Waals surface area (Å²) >= 11 is 0. The Morgan fingerprint density at radius 3 is 1.96 bits per heavy atom. The highest BCUT2D eigenvalue weighted by atomic mass is 16.6. The first-order valence-corrected chi connectivity index (χ1v) is 7.31. The molecule has 0 N–H and O–H groups in total. The molecular weight excluding hydrogens is 362 g/mol. The molecule has 0 atom stereocenters. The van der Waals surface area contributed by atoms with Crippen LogP contribution in [-0.2, 0) is 0 Å². The van der Waals surface area contributed by atoms with Crippen molar-refractivity contribution in [2.75, 3.05) is 0 Å². The van der Waals surface area contributed by atoms with E-state index in [0.29, 0.717) is 11.1 Å². The molecule has 2 aromatic carbocycles. The maximum Gasteiger partial charge on any atom is 0.279 e. The van der Waals surface area contributed by atoms with E-state index in [1.807, 2.05) is 0 Å². The summed E-state index contributed by atoms with van der Waals surface area (Å²) in [4.78, 5) is 43.4. The molecule has 0 aliphatic heterocycles. The molecule has 0 aliphatic rings. The van der Waals surface area contributed by atoms with Crippen molar-refractivity contribution < 1.29 is 19.6 Å². The van der Waals surface area contributed by atoms with Gasteiger partial charge in [-0.15, -0.1) is 0 Å². The van der Waals surface area contributed by atoms with E-state index in [0.717, 1.165) is 28.9 Å². The molecule has 0 unspecified atom stereocenters. The van der Waals surface area contributed by atoms with E-state index in [1.165, 1.54) is 12.1 Å². The summed E-state index contributed by atoms with van der Waals surface area (Å²) < 4.78 is 0.834. The minimum absolute atomic E-state index is 0.112. The monoisotopic (exact) mass is 371 g/mol. The van der Waals surface area contributed by atoms with Crippen molar-refractivity contribution in [3.63, 3.8) is 0 Å². The minimum Gasteiger partial charge on any atom is -0.267 e. The van der Waals surface area contributed by atoms with Gasteiger partial charge in [-0.2, -0.15) is 9.78 Å². The summed E-state index contributed by atoms with van der Waals surface area (Å²) in [6.07, 6.45) is 0. The van der Waals surface area contributed by atoms with Crippen LogP contribution in [0.5, 0.6) is 0 Å². The molecule has 0 spiro atoms. The molecule has 0 radical (unpaired) electrons. The van der Waals surface area contributed by atoms with Crippen molar-refractivity contribution in [1.82, 2.24) is 9.78 Å². The molecule has 0 aliphatic carbocycles. The molecule has 0 bridgehead atoms. The Hall–Kier alpha value is -4.22. The number of benzene rings is 2. The van der Waals surface area contributed by atoms with Gasteiger partial charge in [0.05, 0.1) is 37.6 Å². The van der Waals surface area contributed by atoms with Gasteiger partial charge in [-0.05, 0) is 13.0 Å². The largest absolute Gasteiger partial charge is 0.279 e. The van der Waals surface area contributed by atoms with Gasteiger partial charge in [0.15, 0.2) is 0 Å². The van der Waals surface area contributed by atoms with Gasteiger partial charge >= 0.3 is 0 Å². The van der Waals surface area contributed by atoms with Gasteiger partial charge in [-0.1, -0.05) is 0 Å². The number of aryl methyl sites for hydroxylation is 1. The maximum atomic E-state index is 12.8. The summed E-state index contributed by atoms with van der Waals surface area (Å²) in [5.74, 6) is -0.889.